The number of carboxylic acid groups (broad SMARTS) is 1. The van der Waals surface area contributed by atoms with Crippen molar-refractivity contribution in [3.05, 3.63) is 28.8 Å². The molecule has 0 spiro atoms. The Morgan fingerprint density at radius 1 is 1.57 bits per heavy atom. The summed E-state index contributed by atoms with van der Waals surface area (Å²) in [6, 6.07) is 0.839. The van der Waals surface area contributed by atoms with E-state index in [1.54, 1.807) is 0 Å². The summed E-state index contributed by atoms with van der Waals surface area (Å²) < 4.78 is 37.2. The molecule has 0 saturated carbocycles. The number of carbonyl (C=O) groups is 1. The first-order chi connectivity index (χ1) is 6.43. The molecule has 0 radical (unpaired) electrons. The number of aromatic carboxylic acids is 1. The van der Waals surface area contributed by atoms with E-state index in [1.807, 2.05) is 0 Å². The van der Waals surface area contributed by atoms with Gasteiger partial charge >= 0.3 is 5.97 Å². The zero-order valence-electron chi connectivity index (χ0n) is 7.09. The zero-order valence-corrected chi connectivity index (χ0v) is 7.09. The lowest BCUT2D eigenvalue weighted by Crippen LogP contribution is -2.08. The number of alkyl halides is 2. The molecule has 1 rings (SSSR count). The van der Waals surface area contributed by atoms with Gasteiger partial charge in [0.1, 0.15) is 5.69 Å². The van der Waals surface area contributed by atoms with Gasteiger partial charge in [0.15, 0.2) is 0 Å². The second kappa shape index (κ2) is 3.65. The summed E-state index contributed by atoms with van der Waals surface area (Å²) in [6.07, 6.45) is -3.10. The zero-order chi connectivity index (χ0) is 10.9. The van der Waals surface area contributed by atoms with Crippen LogP contribution in [0.3, 0.4) is 0 Å². The Kier molecular flexibility index (Phi) is 2.73. The van der Waals surface area contributed by atoms with E-state index >= 15 is 0 Å². The van der Waals surface area contributed by atoms with Gasteiger partial charge in [-0.15, -0.1) is 0 Å². The fourth-order valence-electron chi connectivity index (χ4n) is 0.942. The number of halogens is 3. The fraction of sp³-hybridized carbons (Fsp3) is 0.250. The molecule has 0 saturated heterocycles. The van der Waals surface area contributed by atoms with Crippen molar-refractivity contribution < 1.29 is 23.1 Å². The lowest BCUT2D eigenvalue weighted by Gasteiger charge is -2.05. The van der Waals surface area contributed by atoms with Crippen LogP contribution in [-0.2, 0) is 0 Å². The summed E-state index contributed by atoms with van der Waals surface area (Å²) in [5, 5.41) is 8.53. The van der Waals surface area contributed by atoms with Crippen molar-refractivity contribution in [1.82, 2.24) is 4.98 Å². The van der Waals surface area contributed by atoms with Crippen LogP contribution in [0, 0.1) is 12.9 Å². The topological polar surface area (TPSA) is 50.2 Å². The van der Waals surface area contributed by atoms with Crippen LogP contribution in [0.4, 0.5) is 13.2 Å². The van der Waals surface area contributed by atoms with E-state index < -0.39 is 29.6 Å². The minimum Gasteiger partial charge on any atom is -0.478 e. The molecule has 3 nitrogen and oxygen atoms in total. The molecule has 6 heteroatoms. The summed E-state index contributed by atoms with van der Waals surface area (Å²) in [7, 11) is 0. The highest BCUT2D eigenvalue weighted by Crippen LogP contribution is 2.22. The van der Waals surface area contributed by atoms with Crippen LogP contribution in [0.2, 0.25) is 0 Å². The quantitative estimate of drug-likeness (QED) is 0.752. The third-order valence-corrected chi connectivity index (χ3v) is 1.62. The molecule has 1 aromatic heterocycles. The van der Waals surface area contributed by atoms with Gasteiger partial charge in [-0.1, -0.05) is 0 Å². The molecule has 0 bridgehead atoms. The molecule has 0 aliphatic rings. The van der Waals surface area contributed by atoms with Crippen molar-refractivity contribution in [3.8, 4) is 0 Å². The Balaban J connectivity index is 3.39. The van der Waals surface area contributed by atoms with Gasteiger partial charge in [0.05, 0.1) is 5.56 Å². The average Bonchev–Trinajstić information content (AvgIpc) is 2.08. The second-order valence-electron chi connectivity index (χ2n) is 2.63. The molecule has 76 valence electrons. The standard InChI is InChI=1S/C8H6F3NO2/c1-3-2-4(8(13)14)5(6(9)10)12-7(3)11/h2,6H,1H3,(H,13,14). The SMILES string of the molecule is Cc1cc(C(=O)O)c(C(F)F)nc1F. The summed E-state index contributed by atoms with van der Waals surface area (Å²) >= 11 is 0. The first kappa shape index (κ1) is 10.5. The molecule has 0 aliphatic heterocycles. The number of carboxylic acids is 1. The molecule has 0 aliphatic carbocycles. The summed E-state index contributed by atoms with van der Waals surface area (Å²) in [5.74, 6) is -2.62. The number of hydrogen-bond donors (Lipinski definition) is 1. The van der Waals surface area contributed by atoms with E-state index in [0.717, 1.165) is 6.07 Å². The molecular formula is C8H6F3NO2. The Morgan fingerprint density at radius 2 is 2.14 bits per heavy atom. The molecule has 1 heterocycles. The van der Waals surface area contributed by atoms with Crippen LogP contribution >= 0.6 is 0 Å². The largest absolute Gasteiger partial charge is 0.478 e. The Morgan fingerprint density at radius 3 is 2.57 bits per heavy atom. The third kappa shape index (κ3) is 1.84. The van der Waals surface area contributed by atoms with Gasteiger partial charge < -0.3 is 5.11 Å². The first-order valence-electron chi connectivity index (χ1n) is 3.62. The maximum absolute atomic E-state index is 12.7. The predicted octanol–water partition coefficient (Wildman–Crippen LogP) is 2.16. The number of hydrogen-bond acceptors (Lipinski definition) is 2. The Hall–Kier alpha value is -1.59. The number of rotatable bonds is 2. The molecule has 0 amide bonds. The van der Waals surface area contributed by atoms with E-state index in [4.69, 9.17) is 5.11 Å². The molecular weight excluding hydrogens is 199 g/mol. The van der Waals surface area contributed by atoms with Crippen LogP contribution in [0.5, 0.6) is 0 Å². The van der Waals surface area contributed by atoms with E-state index in [1.165, 1.54) is 6.92 Å². The third-order valence-electron chi connectivity index (χ3n) is 1.62. The highest BCUT2D eigenvalue weighted by atomic mass is 19.3. The van der Waals surface area contributed by atoms with Crippen LogP contribution in [0.25, 0.3) is 0 Å². The molecule has 0 unspecified atom stereocenters. The van der Waals surface area contributed by atoms with Gasteiger partial charge in [0.25, 0.3) is 6.43 Å². The number of pyridine rings is 1. The van der Waals surface area contributed by atoms with E-state index in [-0.39, 0.29) is 5.56 Å². The Labute approximate surface area is 77.2 Å². The van der Waals surface area contributed by atoms with Crippen molar-refractivity contribution in [2.45, 2.75) is 13.3 Å². The van der Waals surface area contributed by atoms with Gasteiger partial charge in [-0.25, -0.2) is 18.6 Å². The maximum atomic E-state index is 12.7. The van der Waals surface area contributed by atoms with Gasteiger partial charge in [-0.2, -0.15) is 4.39 Å². The maximum Gasteiger partial charge on any atom is 0.337 e. The van der Waals surface area contributed by atoms with Crippen molar-refractivity contribution in [1.29, 1.82) is 0 Å². The van der Waals surface area contributed by atoms with Gasteiger partial charge in [0, 0.05) is 5.56 Å². The second-order valence-corrected chi connectivity index (χ2v) is 2.63. The first-order valence-corrected chi connectivity index (χ1v) is 3.62. The van der Waals surface area contributed by atoms with Crippen LogP contribution in [0.15, 0.2) is 6.07 Å². The molecule has 1 N–H and O–H groups in total. The summed E-state index contributed by atoms with van der Waals surface area (Å²) in [4.78, 5) is 13.4. The predicted molar refractivity (Wildman–Crippen MR) is 40.8 cm³/mol. The Bertz CT molecular complexity index is 379. The molecule has 0 aromatic carbocycles. The van der Waals surface area contributed by atoms with E-state index in [0.29, 0.717) is 0 Å². The number of nitrogens with zero attached hydrogens (tertiary/aromatic N) is 1. The minimum atomic E-state index is -3.10. The summed E-state index contributed by atoms with van der Waals surface area (Å²) in [5.41, 5.74) is -1.79. The number of aryl methyl sites for hydroxylation is 1. The van der Waals surface area contributed by atoms with Crippen LogP contribution in [-0.4, -0.2) is 16.1 Å². The van der Waals surface area contributed by atoms with Crippen molar-refractivity contribution in [2.75, 3.05) is 0 Å². The van der Waals surface area contributed by atoms with Crippen LogP contribution < -0.4 is 0 Å². The smallest absolute Gasteiger partial charge is 0.337 e. The van der Waals surface area contributed by atoms with Crippen molar-refractivity contribution in [2.24, 2.45) is 0 Å². The van der Waals surface area contributed by atoms with Crippen molar-refractivity contribution >= 4 is 5.97 Å². The van der Waals surface area contributed by atoms with Gasteiger partial charge in [0.2, 0.25) is 5.95 Å². The van der Waals surface area contributed by atoms with E-state index in [9.17, 15) is 18.0 Å². The van der Waals surface area contributed by atoms with Crippen molar-refractivity contribution in [3.63, 3.8) is 0 Å². The number of aromatic nitrogens is 1. The van der Waals surface area contributed by atoms with Crippen LogP contribution in [0.1, 0.15) is 28.0 Å². The molecule has 1 aromatic rings. The molecule has 0 fully saturated rings. The monoisotopic (exact) mass is 205 g/mol. The highest BCUT2D eigenvalue weighted by molar-refractivity contribution is 5.89. The van der Waals surface area contributed by atoms with E-state index in [2.05, 4.69) is 4.98 Å². The molecule has 14 heavy (non-hydrogen) atoms. The lowest BCUT2D eigenvalue weighted by molar-refractivity contribution is 0.0681. The average molecular weight is 205 g/mol. The minimum absolute atomic E-state index is 0.0770. The lowest BCUT2D eigenvalue weighted by atomic mass is 10.1. The summed E-state index contributed by atoms with van der Waals surface area (Å²) in [6.45, 7) is 1.25. The van der Waals surface area contributed by atoms with Gasteiger partial charge in [-0.05, 0) is 13.0 Å². The van der Waals surface area contributed by atoms with Gasteiger partial charge in [-0.3, -0.25) is 0 Å². The molecule has 0 atom stereocenters. The fourth-order valence-corrected chi connectivity index (χ4v) is 0.942. The highest BCUT2D eigenvalue weighted by Gasteiger charge is 2.21. The normalized spacial score (nSPS) is 10.6.